The van der Waals surface area contributed by atoms with Crippen LogP contribution in [0.2, 0.25) is 0 Å². The molecule has 1 saturated heterocycles. The average molecular weight is 223 g/mol. The predicted octanol–water partition coefficient (Wildman–Crippen LogP) is 2.24. The van der Waals surface area contributed by atoms with Crippen molar-refractivity contribution < 1.29 is 18.0 Å². The van der Waals surface area contributed by atoms with E-state index < -0.39 is 30.5 Å². The fourth-order valence-electron chi connectivity index (χ4n) is 1.73. The zero-order valence-electron chi connectivity index (χ0n) is 8.97. The minimum atomic E-state index is -2.72. The molecule has 0 bridgehead atoms. The van der Waals surface area contributed by atoms with Crippen molar-refractivity contribution >= 4 is 5.91 Å². The molecule has 1 rings (SSSR count). The van der Waals surface area contributed by atoms with Gasteiger partial charge in [0.1, 0.15) is 12.1 Å². The summed E-state index contributed by atoms with van der Waals surface area (Å²) < 4.78 is 37.7. The Morgan fingerprint density at radius 2 is 2.13 bits per heavy atom. The molecule has 2 nitrogen and oxygen atoms in total. The molecule has 0 saturated carbocycles. The van der Waals surface area contributed by atoms with Crippen molar-refractivity contribution in [3.63, 3.8) is 0 Å². The first-order valence-corrected chi connectivity index (χ1v) is 5.06. The summed E-state index contributed by atoms with van der Waals surface area (Å²) in [7, 11) is 0. The fraction of sp³-hybridized carbons (Fsp3) is 0.900. The number of alkyl halides is 3. The molecule has 1 heterocycles. The highest BCUT2D eigenvalue weighted by molar-refractivity contribution is 5.83. The van der Waals surface area contributed by atoms with Crippen LogP contribution in [0.1, 0.15) is 26.7 Å². The van der Waals surface area contributed by atoms with E-state index in [1.54, 1.807) is 0 Å². The second-order valence-corrected chi connectivity index (χ2v) is 4.47. The van der Waals surface area contributed by atoms with Crippen LogP contribution in [0.4, 0.5) is 13.2 Å². The van der Waals surface area contributed by atoms with Gasteiger partial charge in [-0.15, -0.1) is 0 Å². The van der Waals surface area contributed by atoms with Crippen molar-refractivity contribution in [3.8, 4) is 0 Å². The van der Waals surface area contributed by atoms with Gasteiger partial charge in [0.15, 0.2) is 0 Å². The van der Waals surface area contributed by atoms with Crippen LogP contribution in [-0.4, -0.2) is 36.5 Å². The van der Waals surface area contributed by atoms with Gasteiger partial charge in [-0.1, -0.05) is 0 Å². The highest BCUT2D eigenvalue weighted by Gasteiger charge is 2.43. The van der Waals surface area contributed by atoms with Crippen LogP contribution in [0, 0.1) is 5.41 Å². The summed E-state index contributed by atoms with van der Waals surface area (Å²) in [5, 5.41) is 0. The Labute approximate surface area is 87.4 Å². The maximum Gasteiger partial charge on any atom is 0.252 e. The monoisotopic (exact) mass is 223 g/mol. The molecular weight excluding hydrogens is 207 g/mol. The van der Waals surface area contributed by atoms with E-state index >= 15 is 0 Å². The summed E-state index contributed by atoms with van der Waals surface area (Å²) in [6.45, 7) is 2.15. The molecule has 15 heavy (non-hydrogen) atoms. The summed E-state index contributed by atoms with van der Waals surface area (Å²) in [5.74, 6) is -0.641. The molecule has 1 fully saturated rings. The Morgan fingerprint density at radius 1 is 1.53 bits per heavy atom. The summed E-state index contributed by atoms with van der Waals surface area (Å²) in [4.78, 5) is 13.0. The van der Waals surface area contributed by atoms with Gasteiger partial charge in [-0.25, -0.2) is 13.2 Å². The van der Waals surface area contributed by atoms with E-state index in [1.807, 2.05) is 0 Å². The topological polar surface area (TPSA) is 20.3 Å². The molecule has 0 radical (unpaired) electrons. The quantitative estimate of drug-likeness (QED) is 0.718. The lowest BCUT2D eigenvalue weighted by Gasteiger charge is -2.31. The molecule has 1 atom stereocenters. The molecule has 88 valence electrons. The van der Waals surface area contributed by atoms with Crippen molar-refractivity contribution in [2.75, 3.05) is 13.2 Å². The van der Waals surface area contributed by atoms with E-state index in [4.69, 9.17) is 0 Å². The van der Waals surface area contributed by atoms with Crippen LogP contribution in [0.3, 0.4) is 0 Å². The largest absolute Gasteiger partial charge is 0.336 e. The lowest BCUT2D eigenvalue weighted by atomic mass is 9.92. The highest BCUT2D eigenvalue weighted by Crippen LogP contribution is 2.31. The molecule has 0 N–H and O–H groups in total. The molecule has 1 amide bonds. The number of hydrogen-bond donors (Lipinski definition) is 0. The highest BCUT2D eigenvalue weighted by atomic mass is 19.3. The molecule has 0 aliphatic carbocycles. The maximum absolute atomic E-state index is 12.6. The maximum atomic E-state index is 12.6. The Hall–Kier alpha value is -0.740. The van der Waals surface area contributed by atoms with Gasteiger partial charge in [-0.2, -0.15) is 0 Å². The second kappa shape index (κ2) is 4.41. The van der Waals surface area contributed by atoms with E-state index in [0.717, 1.165) is 0 Å². The number of likely N-dealkylation sites (tertiary alicyclic amines) is 1. The van der Waals surface area contributed by atoms with Crippen LogP contribution in [0.25, 0.3) is 0 Å². The number of rotatable bonds is 3. The minimum absolute atomic E-state index is 0.392. The Kier molecular flexibility index (Phi) is 3.62. The van der Waals surface area contributed by atoms with Gasteiger partial charge in [-0.3, -0.25) is 4.79 Å². The first-order valence-electron chi connectivity index (χ1n) is 5.06. The molecule has 0 spiro atoms. The van der Waals surface area contributed by atoms with Crippen LogP contribution in [0.15, 0.2) is 0 Å². The summed E-state index contributed by atoms with van der Waals surface area (Å²) in [6.07, 6.45) is -1.45. The summed E-state index contributed by atoms with van der Waals surface area (Å²) in [5.41, 5.74) is -1.71. The number of amides is 1. The second-order valence-electron chi connectivity index (χ2n) is 4.47. The van der Waals surface area contributed by atoms with Crippen molar-refractivity contribution in [1.29, 1.82) is 0 Å². The van der Waals surface area contributed by atoms with E-state index in [0.29, 0.717) is 19.4 Å². The Morgan fingerprint density at radius 3 is 2.60 bits per heavy atom. The van der Waals surface area contributed by atoms with Gasteiger partial charge < -0.3 is 4.90 Å². The molecule has 0 aromatic heterocycles. The van der Waals surface area contributed by atoms with Crippen molar-refractivity contribution in [1.82, 2.24) is 4.90 Å². The van der Waals surface area contributed by atoms with Gasteiger partial charge in [0.25, 0.3) is 6.43 Å². The fourth-order valence-corrected chi connectivity index (χ4v) is 1.73. The van der Waals surface area contributed by atoms with E-state index in [9.17, 15) is 18.0 Å². The SMILES string of the molecule is CC(C)(C(=O)N1CCCC1CF)C(F)F. The Bertz CT molecular complexity index is 243. The van der Waals surface area contributed by atoms with E-state index in [2.05, 4.69) is 0 Å². The molecule has 1 aliphatic rings. The third-order valence-corrected chi connectivity index (χ3v) is 2.91. The molecule has 5 heteroatoms. The van der Waals surface area contributed by atoms with Gasteiger partial charge >= 0.3 is 0 Å². The normalized spacial score (nSPS) is 22.5. The van der Waals surface area contributed by atoms with Crippen LogP contribution < -0.4 is 0 Å². The first-order chi connectivity index (χ1) is 6.91. The smallest absolute Gasteiger partial charge is 0.252 e. The van der Waals surface area contributed by atoms with Crippen LogP contribution >= 0.6 is 0 Å². The van der Waals surface area contributed by atoms with Gasteiger partial charge in [0, 0.05) is 6.54 Å². The first kappa shape index (κ1) is 12.3. The minimum Gasteiger partial charge on any atom is -0.336 e. The van der Waals surface area contributed by atoms with Crippen LogP contribution in [0.5, 0.6) is 0 Å². The molecule has 1 unspecified atom stereocenters. The molecular formula is C10H16F3NO. The van der Waals surface area contributed by atoms with Crippen molar-refractivity contribution in [3.05, 3.63) is 0 Å². The van der Waals surface area contributed by atoms with E-state index in [-0.39, 0.29) is 0 Å². The summed E-state index contributed by atoms with van der Waals surface area (Å²) >= 11 is 0. The lowest BCUT2D eigenvalue weighted by Crippen LogP contribution is -2.47. The summed E-state index contributed by atoms with van der Waals surface area (Å²) in [6, 6.07) is -0.504. The number of hydrogen-bond acceptors (Lipinski definition) is 1. The lowest BCUT2D eigenvalue weighted by molar-refractivity contribution is -0.150. The van der Waals surface area contributed by atoms with Gasteiger partial charge in [-0.05, 0) is 26.7 Å². The van der Waals surface area contributed by atoms with Crippen molar-refractivity contribution in [2.45, 2.75) is 39.2 Å². The number of halogens is 3. The third-order valence-electron chi connectivity index (χ3n) is 2.91. The number of carbonyl (C=O) groups is 1. The number of carbonyl (C=O) groups excluding carboxylic acids is 1. The third kappa shape index (κ3) is 2.26. The van der Waals surface area contributed by atoms with Gasteiger partial charge in [0.05, 0.1) is 6.04 Å². The molecule has 1 aliphatic heterocycles. The number of nitrogens with zero attached hydrogens (tertiary/aromatic N) is 1. The standard InChI is InChI=1S/C10H16F3NO/c1-10(2,8(12)13)9(15)14-5-3-4-7(14)6-11/h7-8H,3-6H2,1-2H3. The predicted molar refractivity (Wildman–Crippen MR) is 50.5 cm³/mol. The Balaban J connectivity index is 2.75. The zero-order chi connectivity index (χ0) is 11.6. The van der Waals surface area contributed by atoms with Crippen molar-refractivity contribution in [2.24, 2.45) is 5.41 Å². The molecule has 0 aromatic carbocycles. The zero-order valence-corrected chi connectivity index (χ0v) is 8.97. The van der Waals surface area contributed by atoms with Crippen LogP contribution in [-0.2, 0) is 4.79 Å². The average Bonchev–Trinajstić information content (AvgIpc) is 2.63. The molecule has 0 aromatic rings. The van der Waals surface area contributed by atoms with E-state index in [1.165, 1.54) is 18.7 Å². The van der Waals surface area contributed by atoms with Gasteiger partial charge in [0.2, 0.25) is 5.91 Å².